The first kappa shape index (κ1) is 17.5. The number of benzene rings is 2. The lowest BCUT2D eigenvalue weighted by Crippen LogP contribution is -2.22. The molecule has 0 spiro atoms. The van der Waals surface area contributed by atoms with E-state index < -0.39 is 10.0 Å². The Balaban J connectivity index is 2.19. The van der Waals surface area contributed by atoms with E-state index in [4.69, 9.17) is 12.2 Å². The second kappa shape index (κ2) is 6.55. The van der Waals surface area contributed by atoms with Crippen LogP contribution in [0.2, 0.25) is 0 Å². The summed E-state index contributed by atoms with van der Waals surface area (Å²) in [6.07, 6.45) is 0. The van der Waals surface area contributed by atoms with Gasteiger partial charge >= 0.3 is 0 Å². The maximum absolute atomic E-state index is 12.4. The first-order valence-corrected chi connectivity index (χ1v) is 9.43. The van der Waals surface area contributed by atoms with Crippen molar-refractivity contribution < 1.29 is 8.42 Å². The van der Waals surface area contributed by atoms with Crippen molar-refractivity contribution in [2.75, 3.05) is 14.1 Å². The lowest BCUT2D eigenvalue weighted by atomic mass is 10.2. The highest BCUT2D eigenvalue weighted by molar-refractivity contribution is 7.89. The Bertz CT molecular complexity index is 1080. The number of aromatic amines is 1. The molecule has 0 unspecified atom stereocenters. The molecule has 3 rings (SSSR count). The van der Waals surface area contributed by atoms with Gasteiger partial charge in [0.25, 0.3) is 0 Å². The number of aromatic nitrogens is 3. The summed E-state index contributed by atoms with van der Waals surface area (Å²) in [6, 6.07) is 14.5. The van der Waals surface area contributed by atoms with Gasteiger partial charge in [0, 0.05) is 19.7 Å². The van der Waals surface area contributed by atoms with E-state index in [0.717, 1.165) is 11.3 Å². The Hall–Kier alpha value is -2.29. The summed E-state index contributed by atoms with van der Waals surface area (Å²) in [7, 11) is -0.515. The number of nitrogens with one attached hydrogen (secondary N) is 1. The van der Waals surface area contributed by atoms with Gasteiger partial charge in [0.2, 0.25) is 10.0 Å². The van der Waals surface area contributed by atoms with Crippen LogP contribution in [0.15, 0.2) is 53.4 Å². The molecule has 0 aliphatic heterocycles. The van der Waals surface area contributed by atoms with Crippen LogP contribution in [0.25, 0.3) is 17.1 Å². The van der Waals surface area contributed by atoms with Crippen LogP contribution in [-0.4, -0.2) is 41.6 Å². The van der Waals surface area contributed by atoms with Crippen LogP contribution >= 0.6 is 12.2 Å². The molecule has 0 saturated carbocycles. The summed E-state index contributed by atoms with van der Waals surface area (Å²) in [5, 5.41) is 7.09. The van der Waals surface area contributed by atoms with Gasteiger partial charge in [0.15, 0.2) is 10.6 Å². The first-order valence-electron chi connectivity index (χ1n) is 7.58. The zero-order valence-electron chi connectivity index (χ0n) is 14.1. The second-order valence-electron chi connectivity index (χ2n) is 5.84. The van der Waals surface area contributed by atoms with Gasteiger partial charge in [-0.2, -0.15) is 5.10 Å². The largest absolute Gasteiger partial charge is 0.268 e. The number of hydrogen-bond acceptors (Lipinski definition) is 4. The van der Waals surface area contributed by atoms with Gasteiger partial charge in [-0.25, -0.2) is 12.7 Å². The molecule has 2 aromatic carbocycles. The molecular weight excluding hydrogens is 356 g/mol. The highest BCUT2D eigenvalue weighted by Gasteiger charge is 2.19. The van der Waals surface area contributed by atoms with Crippen LogP contribution in [0, 0.1) is 11.7 Å². The average molecular weight is 374 g/mol. The van der Waals surface area contributed by atoms with E-state index in [9.17, 15) is 8.42 Å². The Labute approximate surface area is 151 Å². The maximum Gasteiger partial charge on any atom is 0.242 e. The fourth-order valence-electron chi connectivity index (χ4n) is 2.50. The Kier molecular flexibility index (Phi) is 4.59. The van der Waals surface area contributed by atoms with E-state index in [1.54, 1.807) is 22.8 Å². The van der Waals surface area contributed by atoms with Crippen molar-refractivity contribution in [2.45, 2.75) is 11.8 Å². The number of H-pyrrole nitrogens is 1. The van der Waals surface area contributed by atoms with Gasteiger partial charge in [0.1, 0.15) is 0 Å². The van der Waals surface area contributed by atoms with Crippen LogP contribution in [0.1, 0.15) is 5.56 Å². The molecule has 0 aliphatic carbocycles. The molecule has 130 valence electrons. The van der Waals surface area contributed by atoms with Crippen molar-refractivity contribution in [3.05, 3.63) is 58.9 Å². The van der Waals surface area contributed by atoms with E-state index in [-0.39, 0.29) is 4.90 Å². The van der Waals surface area contributed by atoms with Crippen LogP contribution in [0.4, 0.5) is 0 Å². The zero-order chi connectivity index (χ0) is 18.2. The summed E-state index contributed by atoms with van der Waals surface area (Å²) in [5.74, 6) is 0.561. The molecule has 0 radical (unpaired) electrons. The van der Waals surface area contributed by atoms with E-state index in [1.807, 2.05) is 37.3 Å². The summed E-state index contributed by atoms with van der Waals surface area (Å²) in [6.45, 7) is 2.00. The maximum atomic E-state index is 12.4. The fourth-order valence-corrected chi connectivity index (χ4v) is 3.69. The Morgan fingerprint density at radius 2 is 1.84 bits per heavy atom. The first-order chi connectivity index (χ1) is 11.8. The van der Waals surface area contributed by atoms with Crippen molar-refractivity contribution in [2.24, 2.45) is 0 Å². The van der Waals surface area contributed by atoms with Crippen molar-refractivity contribution in [3.63, 3.8) is 0 Å². The van der Waals surface area contributed by atoms with E-state index in [0.29, 0.717) is 16.2 Å². The van der Waals surface area contributed by atoms with Gasteiger partial charge in [-0.3, -0.25) is 9.67 Å². The number of aryl methyl sites for hydroxylation is 1. The third-order valence-corrected chi connectivity index (χ3v) is 5.89. The van der Waals surface area contributed by atoms with Gasteiger partial charge in [-0.15, -0.1) is 0 Å². The van der Waals surface area contributed by atoms with Gasteiger partial charge in [-0.1, -0.05) is 24.3 Å². The molecular formula is C17H18N4O2S2. The summed E-state index contributed by atoms with van der Waals surface area (Å²) in [5.41, 5.74) is 2.63. The predicted molar refractivity (Wildman–Crippen MR) is 99.8 cm³/mol. The lowest BCUT2D eigenvalue weighted by Gasteiger charge is -2.13. The molecule has 0 fully saturated rings. The molecule has 8 heteroatoms. The van der Waals surface area contributed by atoms with E-state index in [2.05, 4.69) is 10.2 Å². The molecule has 0 aliphatic rings. The summed E-state index contributed by atoms with van der Waals surface area (Å²) < 4.78 is 28.2. The average Bonchev–Trinajstić information content (AvgIpc) is 2.96. The Morgan fingerprint density at radius 1 is 1.12 bits per heavy atom. The smallest absolute Gasteiger partial charge is 0.242 e. The second-order valence-corrected chi connectivity index (χ2v) is 8.38. The third-order valence-electron chi connectivity index (χ3n) is 3.80. The number of hydrogen-bond donors (Lipinski definition) is 1. The standard InChI is InChI=1S/C17H18N4O2S2/c1-12-6-4-8-14(10-12)21-16(18-19-17(21)24)13-7-5-9-15(11-13)25(22,23)20(2)3/h4-11H,1-3H3,(H,19,24). The number of sulfonamides is 1. The molecule has 1 N–H and O–H groups in total. The van der Waals surface area contributed by atoms with E-state index >= 15 is 0 Å². The summed E-state index contributed by atoms with van der Waals surface area (Å²) >= 11 is 5.36. The molecule has 3 aromatic rings. The van der Waals surface area contributed by atoms with Gasteiger partial charge < -0.3 is 0 Å². The lowest BCUT2D eigenvalue weighted by molar-refractivity contribution is 0.521. The van der Waals surface area contributed by atoms with Crippen molar-refractivity contribution in [1.82, 2.24) is 19.1 Å². The molecule has 6 nitrogen and oxygen atoms in total. The van der Waals surface area contributed by atoms with E-state index in [1.165, 1.54) is 18.4 Å². The number of nitrogens with zero attached hydrogens (tertiary/aromatic N) is 3. The molecule has 0 saturated heterocycles. The topological polar surface area (TPSA) is 71.0 Å². The minimum Gasteiger partial charge on any atom is -0.268 e. The SMILES string of the molecule is Cc1cccc(-n2c(-c3cccc(S(=O)(=O)N(C)C)c3)n[nH]c2=S)c1. The molecule has 1 heterocycles. The van der Waals surface area contributed by atoms with Gasteiger partial charge in [0.05, 0.1) is 10.6 Å². The van der Waals surface area contributed by atoms with Crippen molar-refractivity contribution in [3.8, 4) is 17.1 Å². The van der Waals surface area contributed by atoms with Crippen molar-refractivity contribution >= 4 is 22.2 Å². The van der Waals surface area contributed by atoms with Crippen LogP contribution in [0.5, 0.6) is 0 Å². The minimum absolute atomic E-state index is 0.208. The Morgan fingerprint density at radius 3 is 2.52 bits per heavy atom. The van der Waals surface area contributed by atoms with Crippen LogP contribution < -0.4 is 0 Å². The fraction of sp³-hybridized carbons (Fsp3) is 0.176. The minimum atomic E-state index is -3.52. The third kappa shape index (κ3) is 3.28. The predicted octanol–water partition coefficient (Wildman–Crippen LogP) is 3.16. The molecule has 1 aromatic heterocycles. The highest BCUT2D eigenvalue weighted by atomic mass is 32.2. The summed E-state index contributed by atoms with van der Waals surface area (Å²) in [4.78, 5) is 0.208. The molecule has 0 bridgehead atoms. The molecule has 0 amide bonds. The van der Waals surface area contributed by atoms with Gasteiger partial charge in [-0.05, 0) is 49.0 Å². The monoisotopic (exact) mass is 374 g/mol. The highest BCUT2D eigenvalue weighted by Crippen LogP contribution is 2.25. The van der Waals surface area contributed by atoms with Crippen LogP contribution in [-0.2, 0) is 10.0 Å². The quantitative estimate of drug-likeness (QED) is 0.712. The van der Waals surface area contributed by atoms with Crippen molar-refractivity contribution in [1.29, 1.82) is 0 Å². The molecule has 0 atom stereocenters. The molecule has 25 heavy (non-hydrogen) atoms. The van der Waals surface area contributed by atoms with Crippen LogP contribution in [0.3, 0.4) is 0 Å². The normalized spacial score (nSPS) is 11.8. The number of rotatable bonds is 4. The zero-order valence-corrected chi connectivity index (χ0v) is 15.7.